The number of ether oxygens (including phenoxy) is 2. The second-order valence-electron chi connectivity index (χ2n) is 9.92. The summed E-state index contributed by atoms with van der Waals surface area (Å²) in [7, 11) is 0. The number of nitriles is 1. The van der Waals surface area contributed by atoms with Crippen LogP contribution in [0.3, 0.4) is 0 Å². The number of carbonyl (C=O) groups excluding carboxylic acids is 1. The van der Waals surface area contributed by atoms with Crippen LogP contribution in [-0.2, 0) is 11.2 Å². The maximum Gasteiger partial charge on any atom is 0.260 e. The van der Waals surface area contributed by atoms with Crippen LogP contribution in [0.4, 0.5) is 5.69 Å². The molecule has 38 heavy (non-hydrogen) atoms. The maximum atomic E-state index is 13.0. The Kier molecular flexibility index (Phi) is 9.01. The van der Waals surface area contributed by atoms with Crippen molar-refractivity contribution in [2.24, 2.45) is 5.92 Å². The lowest BCUT2D eigenvalue weighted by atomic mass is 9.90. The van der Waals surface area contributed by atoms with Crippen molar-refractivity contribution in [1.82, 2.24) is 4.90 Å². The third-order valence-electron chi connectivity index (χ3n) is 6.86. The highest BCUT2D eigenvalue weighted by atomic mass is 16.5. The Morgan fingerprint density at radius 1 is 1.08 bits per heavy atom. The average molecular weight is 508 g/mol. The minimum absolute atomic E-state index is 0.0456. The van der Waals surface area contributed by atoms with Gasteiger partial charge in [-0.15, -0.1) is 0 Å². The van der Waals surface area contributed by atoms with Crippen LogP contribution in [0.25, 0.3) is 16.0 Å². The van der Waals surface area contributed by atoms with Crippen molar-refractivity contribution in [3.05, 3.63) is 89.3 Å². The van der Waals surface area contributed by atoms with Crippen molar-refractivity contribution in [3.63, 3.8) is 0 Å². The first-order chi connectivity index (χ1) is 18.5. The van der Waals surface area contributed by atoms with E-state index < -0.39 is 0 Å². The fourth-order valence-corrected chi connectivity index (χ4v) is 4.86. The molecule has 0 radical (unpaired) electrons. The predicted molar refractivity (Wildman–Crippen MR) is 148 cm³/mol. The quantitative estimate of drug-likeness (QED) is 0.298. The topological polar surface area (TPSA) is 66.9 Å². The van der Waals surface area contributed by atoms with E-state index in [2.05, 4.69) is 23.0 Å². The summed E-state index contributed by atoms with van der Waals surface area (Å²) in [5.41, 5.74) is 3.56. The summed E-state index contributed by atoms with van der Waals surface area (Å²) in [5.74, 6) is 1.95. The zero-order valence-electron chi connectivity index (χ0n) is 22.0. The molecule has 1 saturated heterocycles. The Morgan fingerprint density at radius 2 is 1.87 bits per heavy atom. The van der Waals surface area contributed by atoms with Crippen LogP contribution in [0, 0.1) is 23.8 Å². The van der Waals surface area contributed by atoms with Crippen molar-refractivity contribution in [2.45, 2.75) is 45.6 Å². The molecule has 1 heterocycles. The summed E-state index contributed by atoms with van der Waals surface area (Å²) < 4.78 is 11.8. The summed E-state index contributed by atoms with van der Waals surface area (Å²) in [6, 6.07) is 22.8. The zero-order chi connectivity index (χ0) is 26.9. The van der Waals surface area contributed by atoms with Crippen LogP contribution in [0.1, 0.15) is 44.2 Å². The Labute approximate surface area is 225 Å². The number of hydrogen-bond donors (Lipinski definition) is 0. The number of rotatable bonds is 9. The molecule has 0 bridgehead atoms. The average Bonchev–Trinajstić information content (AvgIpc) is 2.95. The third-order valence-corrected chi connectivity index (χ3v) is 6.86. The molecule has 4 rings (SSSR count). The van der Waals surface area contributed by atoms with E-state index >= 15 is 0 Å². The molecule has 0 aromatic heterocycles. The van der Waals surface area contributed by atoms with Gasteiger partial charge in [-0.1, -0.05) is 36.4 Å². The van der Waals surface area contributed by atoms with E-state index in [9.17, 15) is 10.1 Å². The molecule has 194 valence electrons. The van der Waals surface area contributed by atoms with E-state index in [1.165, 1.54) is 5.56 Å². The van der Waals surface area contributed by atoms with E-state index in [0.717, 1.165) is 44.5 Å². The van der Waals surface area contributed by atoms with Gasteiger partial charge in [-0.3, -0.25) is 4.79 Å². The Hall–Kier alpha value is -4.29. The van der Waals surface area contributed by atoms with Crippen LogP contribution in [0.2, 0.25) is 0 Å². The summed E-state index contributed by atoms with van der Waals surface area (Å²) >= 11 is 0. The molecular formula is C32H33N3O3. The van der Waals surface area contributed by atoms with Crippen LogP contribution in [0.15, 0.2) is 66.7 Å². The molecule has 1 fully saturated rings. The number of benzene rings is 3. The molecule has 0 unspecified atom stereocenters. The van der Waals surface area contributed by atoms with E-state index in [1.54, 1.807) is 30.3 Å². The van der Waals surface area contributed by atoms with E-state index in [4.69, 9.17) is 16.0 Å². The van der Waals surface area contributed by atoms with Gasteiger partial charge in [-0.25, -0.2) is 4.85 Å². The van der Waals surface area contributed by atoms with Gasteiger partial charge in [0.2, 0.25) is 0 Å². The lowest BCUT2D eigenvalue weighted by Crippen LogP contribution is -2.41. The number of likely N-dealkylation sites (tertiary alicyclic amines) is 1. The van der Waals surface area contributed by atoms with Gasteiger partial charge in [0.1, 0.15) is 11.5 Å². The standard InChI is InChI=1S/C32H33N3O3/c1-23(2)38-28-9-6-7-25(19-28)12-11-24-15-17-35(18-16-24)32(36)22-37-31-14-13-27(34-3)20-30(31)29-10-5-4-8-26(29)21-33/h4-10,13-14,19-20,23-24H,11-12,15-18,22H2,1-2H3. The van der Waals surface area contributed by atoms with Crippen LogP contribution < -0.4 is 9.47 Å². The number of amides is 1. The van der Waals surface area contributed by atoms with Gasteiger partial charge in [0.25, 0.3) is 5.91 Å². The Morgan fingerprint density at radius 3 is 2.61 bits per heavy atom. The van der Waals surface area contributed by atoms with Gasteiger partial charge in [-0.05, 0) is 81.3 Å². The number of carbonyl (C=O) groups is 1. The second kappa shape index (κ2) is 12.8. The summed E-state index contributed by atoms with van der Waals surface area (Å²) in [6.07, 6.45) is 4.22. The van der Waals surface area contributed by atoms with Crippen LogP contribution in [-0.4, -0.2) is 36.6 Å². The lowest BCUT2D eigenvalue weighted by Gasteiger charge is -2.32. The first-order valence-electron chi connectivity index (χ1n) is 13.1. The van der Waals surface area contributed by atoms with Gasteiger partial charge in [0.05, 0.1) is 24.3 Å². The highest BCUT2D eigenvalue weighted by Gasteiger charge is 2.23. The molecule has 0 atom stereocenters. The molecular weight excluding hydrogens is 474 g/mol. The third kappa shape index (κ3) is 6.93. The number of hydrogen-bond acceptors (Lipinski definition) is 4. The molecule has 6 heteroatoms. The van der Waals surface area contributed by atoms with E-state index in [1.807, 2.05) is 43.0 Å². The van der Waals surface area contributed by atoms with E-state index in [0.29, 0.717) is 34.0 Å². The molecule has 1 amide bonds. The molecule has 6 nitrogen and oxygen atoms in total. The Balaban J connectivity index is 1.31. The number of aryl methyl sites for hydroxylation is 1. The van der Waals surface area contributed by atoms with Crippen LogP contribution >= 0.6 is 0 Å². The number of piperidine rings is 1. The molecule has 3 aromatic carbocycles. The highest BCUT2D eigenvalue weighted by molar-refractivity contribution is 5.81. The fraction of sp³-hybridized carbons (Fsp3) is 0.344. The summed E-state index contributed by atoms with van der Waals surface area (Å²) in [4.78, 5) is 18.4. The maximum absolute atomic E-state index is 13.0. The minimum atomic E-state index is -0.0770. The molecule has 0 spiro atoms. The SMILES string of the molecule is [C-]#[N+]c1ccc(OCC(=O)N2CCC(CCc3cccc(OC(C)C)c3)CC2)c(-c2ccccc2C#N)c1. The minimum Gasteiger partial charge on any atom is -0.491 e. The molecule has 0 N–H and O–H groups in total. The fourth-order valence-electron chi connectivity index (χ4n) is 4.86. The van der Waals surface area contributed by atoms with Crippen molar-refractivity contribution in [1.29, 1.82) is 5.26 Å². The van der Waals surface area contributed by atoms with E-state index in [-0.39, 0.29) is 18.6 Å². The lowest BCUT2D eigenvalue weighted by molar-refractivity contribution is -0.134. The predicted octanol–water partition coefficient (Wildman–Crippen LogP) is 6.81. The highest BCUT2D eigenvalue weighted by Crippen LogP contribution is 2.35. The van der Waals surface area contributed by atoms with Crippen molar-refractivity contribution in [2.75, 3.05) is 19.7 Å². The molecule has 0 saturated carbocycles. The molecule has 0 aliphatic carbocycles. The smallest absolute Gasteiger partial charge is 0.260 e. The number of nitrogens with zero attached hydrogens (tertiary/aromatic N) is 3. The van der Waals surface area contributed by atoms with Crippen molar-refractivity contribution < 1.29 is 14.3 Å². The molecule has 1 aliphatic heterocycles. The van der Waals surface area contributed by atoms with Gasteiger partial charge in [0.15, 0.2) is 12.3 Å². The van der Waals surface area contributed by atoms with Gasteiger partial charge in [-0.2, -0.15) is 5.26 Å². The monoisotopic (exact) mass is 507 g/mol. The zero-order valence-corrected chi connectivity index (χ0v) is 22.0. The molecule has 3 aromatic rings. The van der Waals surface area contributed by atoms with Gasteiger partial charge < -0.3 is 14.4 Å². The van der Waals surface area contributed by atoms with Gasteiger partial charge >= 0.3 is 0 Å². The Bertz CT molecular complexity index is 1340. The first kappa shape index (κ1) is 26.8. The summed E-state index contributed by atoms with van der Waals surface area (Å²) in [6.45, 7) is 12.8. The first-order valence-corrected chi connectivity index (χ1v) is 13.1. The summed E-state index contributed by atoms with van der Waals surface area (Å²) in [5, 5.41) is 9.54. The van der Waals surface area contributed by atoms with Crippen LogP contribution in [0.5, 0.6) is 11.5 Å². The largest absolute Gasteiger partial charge is 0.491 e. The molecule has 1 aliphatic rings. The second-order valence-corrected chi connectivity index (χ2v) is 9.92. The normalized spacial score (nSPS) is 13.6. The van der Waals surface area contributed by atoms with Gasteiger partial charge in [0, 0.05) is 24.2 Å². The van der Waals surface area contributed by atoms with Crippen molar-refractivity contribution in [3.8, 4) is 28.7 Å². The van der Waals surface area contributed by atoms with Crippen molar-refractivity contribution >= 4 is 11.6 Å².